The molecule has 1 aliphatic heterocycles. The predicted molar refractivity (Wildman–Crippen MR) is 149 cm³/mol. The number of ether oxygens (including phenoxy) is 1. The average Bonchev–Trinajstić information content (AvgIpc) is 3.33. The highest BCUT2D eigenvalue weighted by Crippen LogP contribution is 2.44. The maximum absolute atomic E-state index is 14.3. The van der Waals surface area contributed by atoms with Crippen LogP contribution in [0, 0.1) is 5.92 Å². The number of hydrogen-bond acceptors (Lipinski definition) is 6. The second-order valence-corrected chi connectivity index (χ2v) is 14.5. The van der Waals surface area contributed by atoms with E-state index in [1.165, 1.54) is 6.07 Å². The summed E-state index contributed by atoms with van der Waals surface area (Å²) in [5, 5.41) is 3.19. The highest BCUT2D eigenvalue weighted by atomic mass is 32.2. The summed E-state index contributed by atoms with van der Waals surface area (Å²) in [5.41, 5.74) is -1.43. The van der Waals surface area contributed by atoms with E-state index in [4.69, 9.17) is 9.72 Å². The molecule has 0 spiro atoms. The molecule has 40 heavy (non-hydrogen) atoms. The third kappa shape index (κ3) is 7.43. The zero-order valence-corrected chi connectivity index (χ0v) is 25.0. The molecule has 1 saturated carbocycles. The first-order chi connectivity index (χ1) is 18.7. The van der Waals surface area contributed by atoms with Crippen molar-refractivity contribution in [2.75, 3.05) is 13.2 Å². The summed E-state index contributed by atoms with van der Waals surface area (Å²) in [5.74, 6) is -0.125. The molecule has 2 heterocycles. The Labute approximate surface area is 238 Å². The van der Waals surface area contributed by atoms with Crippen LogP contribution in [0.3, 0.4) is 0 Å². The van der Waals surface area contributed by atoms with Gasteiger partial charge in [0.05, 0.1) is 21.0 Å². The van der Waals surface area contributed by atoms with Gasteiger partial charge in [0.1, 0.15) is 0 Å². The molecule has 1 unspecified atom stereocenters. The summed E-state index contributed by atoms with van der Waals surface area (Å²) in [6.07, 6.45) is 1.75. The summed E-state index contributed by atoms with van der Waals surface area (Å²) in [4.78, 5) is 17.5. The molecule has 1 amide bonds. The summed E-state index contributed by atoms with van der Waals surface area (Å²) >= 11 is 1.06. The third-order valence-electron chi connectivity index (χ3n) is 7.47. The molecule has 1 aromatic heterocycles. The van der Waals surface area contributed by atoms with Crippen LogP contribution >= 0.6 is 11.3 Å². The topological polar surface area (TPSA) is 97.4 Å². The second-order valence-electron chi connectivity index (χ2n) is 11.8. The molecule has 2 fully saturated rings. The summed E-state index contributed by atoms with van der Waals surface area (Å²) in [7, 11) is -4.46. The summed E-state index contributed by atoms with van der Waals surface area (Å²) in [6.45, 7) is 7.82. The molecule has 2 aliphatic rings. The molecular weight excluding hydrogens is 563 g/mol. The van der Waals surface area contributed by atoms with Crippen molar-refractivity contribution in [3.05, 3.63) is 34.5 Å². The first-order valence-electron chi connectivity index (χ1n) is 13.8. The highest BCUT2D eigenvalue weighted by Gasteiger charge is 2.39. The van der Waals surface area contributed by atoms with E-state index in [1.54, 1.807) is 20.8 Å². The van der Waals surface area contributed by atoms with Crippen LogP contribution < -0.4 is 10.0 Å². The molecule has 1 atom stereocenters. The van der Waals surface area contributed by atoms with Crippen LogP contribution in [0.1, 0.15) is 99.6 Å². The van der Waals surface area contributed by atoms with Crippen molar-refractivity contribution in [1.82, 2.24) is 15.0 Å². The van der Waals surface area contributed by atoms with Crippen LogP contribution in [0.15, 0.2) is 23.1 Å². The molecule has 1 aliphatic carbocycles. The number of carbonyl (C=O) groups excluding carboxylic acids is 1. The molecule has 12 heteroatoms. The van der Waals surface area contributed by atoms with Crippen molar-refractivity contribution in [2.24, 2.45) is 5.92 Å². The lowest BCUT2D eigenvalue weighted by atomic mass is 9.79. The number of thiazole rings is 1. The van der Waals surface area contributed by atoms with Crippen LogP contribution in [0.2, 0.25) is 0 Å². The number of carbonyl (C=O) groups is 1. The van der Waals surface area contributed by atoms with E-state index in [-0.39, 0.29) is 28.4 Å². The normalized spacial score (nSPS) is 19.0. The van der Waals surface area contributed by atoms with Crippen molar-refractivity contribution in [1.29, 1.82) is 0 Å². The number of halogens is 3. The molecule has 1 aromatic carbocycles. The molecule has 4 rings (SSSR count). The minimum Gasteiger partial charge on any atom is -0.381 e. The van der Waals surface area contributed by atoms with Gasteiger partial charge < -0.3 is 10.1 Å². The Hall–Kier alpha value is -2.02. The van der Waals surface area contributed by atoms with Gasteiger partial charge >= 0.3 is 6.18 Å². The minimum absolute atomic E-state index is 0.0514. The van der Waals surface area contributed by atoms with Crippen LogP contribution in [0.25, 0.3) is 10.4 Å². The lowest BCUT2D eigenvalue weighted by Crippen LogP contribution is -2.41. The maximum Gasteiger partial charge on any atom is 0.417 e. The molecular formula is C28H38F3N3O4S2. The summed E-state index contributed by atoms with van der Waals surface area (Å²) in [6, 6.07) is 3.21. The first kappa shape index (κ1) is 30.9. The smallest absolute Gasteiger partial charge is 0.381 e. The standard InChI is InChI=1S/C28H38F3N3O4S2/c1-17(18-8-6-5-7-9-18)23-24(39-26(33-23)25(35)32-20-12-14-38-15-13-20)19-10-11-22(21(16-19)28(29,30)31)40(36,37)34-27(2,3)4/h10-11,16-18,20,34H,5-9,12-15H2,1-4H3,(H,32,35). The minimum atomic E-state index is -4.92. The van der Waals surface area contributed by atoms with E-state index < -0.39 is 32.2 Å². The quantitative estimate of drug-likeness (QED) is 0.378. The van der Waals surface area contributed by atoms with Crippen molar-refractivity contribution < 1.29 is 31.1 Å². The lowest BCUT2D eigenvalue weighted by Gasteiger charge is -2.27. The molecule has 2 aromatic rings. The van der Waals surface area contributed by atoms with E-state index in [9.17, 15) is 26.4 Å². The van der Waals surface area contributed by atoms with Gasteiger partial charge in [0.25, 0.3) is 5.91 Å². The van der Waals surface area contributed by atoms with Gasteiger partial charge in [-0.05, 0) is 70.1 Å². The van der Waals surface area contributed by atoms with Crippen molar-refractivity contribution in [3.8, 4) is 10.4 Å². The fourth-order valence-electron chi connectivity index (χ4n) is 5.48. The number of benzene rings is 1. The number of nitrogens with zero attached hydrogens (tertiary/aromatic N) is 1. The van der Waals surface area contributed by atoms with E-state index in [1.807, 2.05) is 6.92 Å². The van der Waals surface area contributed by atoms with Gasteiger partial charge in [-0.15, -0.1) is 11.3 Å². The Balaban J connectivity index is 1.78. The molecule has 2 N–H and O–H groups in total. The van der Waals surface area contributed by atoms with Crippen LogP contribution in [-0.4, -0.2) is 44.1 Å². The molecule has 1 saturated heterocycles. The monoisotopic (exact) mass is 601 g/mol. The van der Waals surface area contributed by atoms with E-state index in [2.05, 4.69) is 10.0 Å². The number of sulfonamides is 1. The highest BCUT2D eigenvalue weighted by molar-refractivity contribution is 7.89. The van der Waals surface area contributed by atoms with Crippen molar-refractivity contribution in [3.63, 3.8) is 0 Å². The van der Waals surface area contributed by atoms with Gasteiger partial charge in [0.15, 0.2) is 5.01 Å². The number of amides is 1. The SMILES string of the molecule is CC(c1nc(C(=O)NC2CCOCC2)sc1-c1ccc(S(=O)(=O)NC(C)(C)C)c(C(F)(F)F)c1)C1CCCCC1. The van der Waals surface area contributed by atoms with E-state index in [0.29, 0.717) is 42.5 Å². The summed E-state index contributed by atoms with van der Waals surface area (Å²) < 4.78 is 76.4. The zero-order chi connectivity index (χ0) is 29.3. The maximum atomic E-state index is 14.3. The number of aromatic nitrogens is 1. The van der Waals surface area contributed by atoms with Gasteiger partial charge in [-0.1, -0.05) is 32.3 Å². The lowest BCUT2D eigenvalue weighted by molar-refractivity contribution is -0.139. The zero-order valence-electron chi connectivity index (χ0n) is 23.4. The van der Waals surface area contributed by atoms with E-state index >= 15 is 0 Å². The Bertz CT molecular complexity index is 1310. The number of nitrogens with one attached hydrogen (secondary N) is 2. The Morgan fingerprint density at radius 2 is 1.73 bits per heavy atom. The Kier molecular flexibility index (Phi) is 9.33. The predicted octanol–water partition coefficient (Wildman–Crippen LogP) is 6.50. The van der Waals surface area contributed by atoms with Crippen LogP contribution in [-0.2, 0) is 20.9 Å². The van der Waals surface area contributed by atoms with Crippen molar-refractivity contribution >= 4 is 27.3 Å². The number of alkyl halides is 3. The van der Waals surface area contributed by atoms with Gasteiger partial charge in [-0.3, -0.25) is 4.79 Å². The largest absolute Gasteiger partial charge is 0.417 e. The van der Waals surface area contributed by atoms with Gasteiger partial charge in [0.2, 0.25) is 10.0 Å². The second kappa shape index (κ2) is 12.1. The van der Waals surface area contributed by atoms with Crippen LogP contribution in [0.5, 0.6) is 0 Å². The molecule has 7 nitrogen and oxygen atoms in total. The fraction of sp³-hybridized carbons (Fsp3) is 0.643. The van der Waals surface area contributed by atoms with Crippen molar-refractivity contribution in [2.45, 2.75) is 101 Å². The Morgan fingerprint density at radius 3 is 2.33 bits per heavy atom. The number of hydrogen-bond donors (Lipinski definition) is 2. The van der Waals surface area contributed by atoms with Gasteiger partial charge in [-0.25, -0.2) is 18.1 Å². The molecule has 0 radical (unpaired) electrons. The Morgan fingerprint density at radius 1 is 1.07 bits per heavy atom. The average molecular weight is 602 g/mol. The van der Waals surface area contributed by atoms with E-state index in [0.717, 1.165) is 55.6 Å². The van der Waals surface area contributed by atoms with Crippen LogP contribution in [0.4, 0.5) is 13.2 Å². The molecule has 0 bridgehead atoms. The first-order valence-corrected chi connectivity index (χ1v) is 16.1. The van der Waals surface area contributed by atoms with Gasteiger partial charge in [-0.2, -0.15) is 13.2 Å². The molecule has 222 valence electrons. The third-order valence-corrected chi connectivity index (χ3v) is 10.4. The number of rotatable bonds is 7. The fourth-order valence-corrected chi connectivity index (χ4v) is 8.17. The van der Waals surface area contributed by atoms with Gasteiger partial charge in [0, 0.05) is 30.7 Å².